The molecule has 3 heterocycles. The lowest BCUT2D eigenvalue weighted by Crippen LogP contribution is -2.15. The highest BCUT2D eigenvalue weighted by Crippen LogP contribution is 2.39. The number of rotatable bonds is 8. The summed E-state index contributed by atoms with van der Waals surface area (Å²) in [5, 5.41) is 8.52. The van der Waals surface area contributed by atoms with Crippen molar-refractivity contribution in [1.82, 2.24) is 14.2 Å². The summed E-state index contributed by atoms with van der Waals surface area (Å²) in [6.07, 6.45) is 2.85. The van der Waals surface area contributed by atoms with Crippen LogP contribution >= 0.6 is 28.1 Å². The van der Waals surface area contributed by atoms with Gasteiger partial charge in [-0.05, 0) is 80.3 Å². The van der Waals surface area contributed by atoms with Crippen LogP contribution in [-0.2, 0) is 13.0 Å². The number of benzene rings is 3. The predicted octanol–water partition coefficient (Wildman–Crippen LogP) is 8.36. The van der Waals surface area contributed by atoms with Crippen LogP contribution in [0.25, 0.3) is 28.2 Å². The molecule has 5 aromatic rings. The number of alkyl halides is 2. The smallest absolute Gasteiger partial charge is 0.387 e. The van der Waals surface area contributed by atoms with Crippen LogP contribution in [0.3, 0.4) is 0 Å². The normalized spacial score (nSPS) is 12.9. The van der Waals surface area contributed by atoms with Gasteiger partial charge in [0.1, 0.15) is 27.8 Å². The summed E-state index contributed by atoms with van der Waals surface area (Å²) in [6, 6.07) is 22.5. The second-order valence-corrected chi connectivity index (χ2v) is 11.0. The van der Waals surface area contributed by atoms with E-state index in [2.05, 4.69) is 42.7 Å². The molecule has 2 aromatic heterocycles. The number of ether oxygens (including phenoxy) is 2. The van der Waals surface area contributed by atoms with Gasteiger partial charge in [0.15, 0.2) is 5.82 Å². The Bertz CT molecular complexity index is 1700. The summed E-state index contributed by atoms with van der Waals surface area (Å²) in [4.78, 5) is 0.505. The molecule has 3 aromatic carbocycles. The van der Waals surface area contributed by atoms with Gasteiger partial charge in [-0.15, -0.1) is 5.10 Å². The van der Waals surface area contributed by atoms with Crippen molar-refractivity contribution in [3.05, 3.63) is 88.5 Å². The summed E-state index contributed by atoms with van der Waals surface area (Å²) >= 11 is 9.57. The molecule has 0 aliphatic carbocycles. The molecule has 0 saturated heterocycles. The Hall–Kier alpha value is -3.76. The summed E-state index contributed by atoms with van der Waals surface area (Å²) in [5.41, 5.74) is 6.51. The van der Waals surface area contributed by atoms with E-state index in [0.717, 1.165) is 81.1 Å². The summed E-state index contributed by atoms with van der Waals surface area (Å²) in [6.45, 7) is 0.473. The summed E-state index contributed by atoms with van der Waals surface area (Å²) < 4.78 is 41.1. The van der Waals surface area contributed by atoms with E-state index in [1.165, 1.54) is 0 Å². The number of thiocarbonyl (C=S) groups is 1. The van der Waals surface area contributed by atoms with Gasteiger partial charge < -0.3 is 19.4 Å². The fourth-order valence-corrected chi connectivity index (χ4v) is 5.94. The second-order valence-electron chi connectivity index (χ2n) is 9.69. The van der Waals surface area contributed by atoms with E-state index in [0.29, 0.717) is 11.6 Å². The Labute approximate surface area is 250 Å². The Morgan fingerprint density at radius 1 is 0.976 bits per heavy atom. The molecule has 1 N–H and O–H groups in total. The molecule has 6 rings (SSSR count). The molecule has 10 heteroatoms. The molecule has 210 valence electrons. The topological polar surface area (TPSA) is 52.7 Å². The van der Waals surface area contributed by atoms with Gasteiger partial charge in [-0.2, -0.15) is 8.78 Å². The Morgan fingerprint density at radius 3 is 2.34 bits per heavy atom. The third-order valence-electron chi connectivity index (χ3n) is 7.09. The minimum Gasteiger partial charge on any atom is -0.494 e. The van der Waals surface area contributed by atoms with Crippen molar-refractivity contribution in [3.8, 4) is 34.0 Å². The zero-order chi connectivity index (χ0) is 28.5. The molecule has 0 fully saturated rings. The molecule has 6 nitrogen and oxygen atoms in total. The van der Waals surface area contributed by atoms with Crippen LogP contribution in [0.4, 0.5) is 14.5 Å². The van der Waals surface area contributed by atoms with Gasteiger partial charge in [-0.1, -0.05) is 52.4 Å². The van der Waals surface area contributed by atoms with E-state index in [4.69, 9.17) is 22.1 Å². The van der Waals surface area contributed by atoms with Crippen molar-refractivity contribution in [2.45, 2.75) is 39.3 Å². The number of hydrogen-bond donors (Lipinski definition) is 1. The van der Waals surface area contributed by atoms with Gasteiger partial charge in [0, 0.05) is 33.4 Å². The van der Waals surface area contributed by atoms with Crippen molar-refractivity contribution in [1.29, 1.82) is 0 Å². The second kappa shape index (κ2) is 11.6. The average Bonchev–Trinajstić information content (AvgIpc) is 3.38. The first-order chi connectivity index (χ1) is 19.9. The molecule has 0 amide bonds. The Kier molecular flexibility index (Phi) is 7.77. The minimum absolute atomic E-state index is 0.107. The van der Waals surface area contributed by atoms with Crippen molar-refractivity contribution in [2.24, 2.45) is 0 Å². The standard InChI is InChI=1S/C31H27BrF2N4O2S/c1-2-39-23-16-12-22(13-17-23)35-29(41)27-26(19-8-14-24(15-9-19)40-31(33)34)25-5-3-4-18-37-28(36-38(27)30(25)37)20-6-10-21(32)11-7-20/h6-17,31H,2-5,18H2,1H3,(H,35,41). The van der Waals surface area contributed by atoms with E-state index < -0.39 is 6.61 Å². The molecule has 0 radical (unpaired) electrons. The lowest BCUT2D eigenvalue weighted by Gasteiger charge is -2.13. The van der Waals surface area contributed by atoms with E-state index in [1.54, 1.807) is 24.3 Å². The number of anilines is 1. The molecule has 1 aliphatic heterocycles. The van der Waals surface area contributed by atoms with Crippen molar-refractivity contribution >= 4 is 44.5 Å². The molecule has 0 spiro atoms. The van der Waals surface area contributed by atoms with Crippen molar-refractivity contribution < 1.29 is 18.3 Å². The fourth-order valence-electron chi connectivity index (χ4n) is 5.37. The third-order valence-corrected chi connectivity index (χ3v) is 7.92. The van der Waals surface area contributed by atoms with E-state index in [-0.39, 0.29) is 5.75 Å². The molecular weight excluding hydrogens is 610 g/mol. The van der Waals surface area contributed by atoms with Crippen LogP contribution in [0.5, 0.6) is 11.5 Å². The molecule has 1 aliphatic rings. The number of aromatic nitrogens is 3. The van der Waals surface area contributed by atoms with E-state index in [9.17, 15) is 8.78 Å². The number of nitrogens with zero attached hydrogens (tertiary/aromatic N) is 3. The fraction of sp³-hybridized carbons (Fsp3) is 0.226. The summed E-state index contributed by atoms with van der Waals surface area (Å²) in [7, 11) is 0. The van der Waals surface area contributed by atoms with Gasteiger partial charge in [0.05, 0.1) is 6.61 Å². The monoisotopic (exact) mass is 636 g/mol. The van der Waals surface area contributed by atoms with Crippen molar-refractivity contribution in [2.75, 3.05) is 11.9 Å². The van der Waals surface area contributed by atoms with Crippen LogP contribution in [0.1, 0.15) is 31.0 Å². The quantitative estimate of drug-likeness (QED) is 0.173. The Balaban J connectivity index is 1.51. The maximum atomic E-state index is 12.8. The van der Waals surface area contributed by atoms with E-state index >= 15 is 0 Å². The van der Waals surface area contributed by atoms with E-state index in [1.807, 2.05) is 47.8 Å². The zero-order valence-corrected chi connectivity index (χ0v) is 24.6. The zero-order valence-electron chi connectivity index (χ0n) is 22.2. The summed E-state index contributed by atoms with van der Waals surface area (Å²) in [5.74, 6) is 1.76. The average molecular weight is 638 g/mol. The Morgan fingerprint density at radius 2 is 1.66 bits per heavy atom. The predicted molar refractivity (Wildman–Crippen MR) is 164 cm³/mol. The maximum absolute atomic E-state index is 12.8. The highest BCUT2D eigenvalue weighted by atomic mass is 79.9. The van der Waals surface area contributed by atoms with Gasteiger partial charge in [0.25, 0.3) is 0 Å². The highest BCUT2D eigenvalue weighted by Gasteiger charge is 2.29. The van der Waals surface area contributed by atoms with Gasteiger partial charge >= 0.3 is 6.61 Å². The third kappa shape index (κ3) is 5.46. The number of aryl methyl sites for hydroxylation is 2. The van der Waals surface area contributed by atoms with Crippen molar-refractivity contribution in [3.63, 3.8) is 0 Å². The van der Waals surface area contributed by atoms with Gasteiger partial charge in [-0.25, -0.2) is 4.52 Å². The first-order valence-electron chi connectivity index (χ1n) is 13.4. The first kappa shape index (κ1) is 27.4. The van der Waals surface area contributed by atoms with Gasteiger partial charge in [-0.3, -0.25) is 0 Å². The number of hydrogen-bond acceptors (Lipinski definition) is 4. The van der Waals surface area contributed by atoms with Gasteiger partial charge in [0.2, 0.25) is 0 Å². The van der Waals surface area contributed by atoms with Crippen LogP contribution in [0.2, 0.25) is 0 Å². The molecule has 0 unspecified atom stereocenters. The molecule has 0 atom stereocenters. The SMILES string of the molecule is CCOc1ccc(NC(=S)c2c(-c3ccc(OC(F)F)cc3)c3c4n(c(-c5ccc(Br)cc5)nn24)CCCC3)cc1. The lowest BCUT2D eigenvalue weighted by atomic mass is 9.98. The molecule has 0 bridgehead atoms. The number of halogens is 3. The molecular formula is C31H27BrF2N4O2S. The first-order valence-corrected chi connectivity index (χ1v) is 14.6. The maximum Gasteiger partial charge on any atom is 0.387 e. The minimum atomic E-state index is -2.88. The van der Waals surface area contributed by atoms with Crippen LogP contribution in [-0.4, -0.2) is 32.4 Å². The lowest BCUT2D eigenvalue weighted by molar-refractivity contribution is -0.0498. The molecule has 0 saturated carbocycles. The molecule has 41 heavy (non-hydrogen) atoms. The van der Waals surface area contributed by atoms with Crippen LogP contribution < -0.4 is 14.8 Å². The largest absolute Gasteiger partial charge is 0.494 e. The van der Waals surface area contributed by atoms with Crippen LogP contribution in [0.15, 0.2) is 77.3 Å². The number of nitrogens with one attached hydrogen (secondary N) is 1. The van der Waals surface area contributed by atoms with Crippen LogP contribution in [0, 0.1) is 0 Å². The highest BCUT2D eigenvalue weighted by molar-refractivity contribution is 9.10.